The number of aromatic amines is 1. The monoisotopic (exact) mass is 202 g/mol. The highest BCUT2D eigenvalue weighted by Crippen LogP contribution is 2.18. The molecular formula is C11H10N2O2. The molecule has 1 aromatic heterocycles. The van der Waals surface area contributed by atoms with E-state index in [9.17, 15) is 4.79 Å². The summed E-state index contributed by atoms with van der Waals surface area (Å²) in [7, 11) is 1.33. The molecule has 0 fully saturated rings. The molecule has 0 spiro atoms. The quantitative estimate of drug-likeness (QED) is 0.596. The zero-order chi connectivity index (χ0) is 10.8. The first-order valence-corrected chi connectivity index (χ1v) is 4.43. The number of H-pyrrole nitrogens is 1. The Labute approximate surface area is 86.6 Å². The van der Waals surface area contributed by atoms with Crippen molar-refractivity contribution in [1.82, 2.24) is 9.97 Å². The van der Waals surface area contributed by atoms with E-state index in [0.29, 0.717) is 5.57 Å². The second-order valence-electron chi connectivity index (χ2n) is 3.10. The average Bonchev–Trinajstić information content (AvgIpc) is 2.73. The zero-order valence-electron chi connectivity index (χ0n) is 8.28. The summed E-state index contributed by atoms with van der Waals surface area (Å²) in [6, 6.07) is 5.46. The molecule has 0 aliphatic carbocycles. The number of carbonyl (C=O) groups excluding carboxylic acids is 1. The fraction of sp³-hybridized carbons (Fsp3) is 0.0909. The lowest BCUT2D eigenvalue weighted by atomic mass is 10.1. The van der Waals surface area contributed by atoms with Gasteiger partial charge in [0.25, 0.3) is 0 Å². The molecule has 0 amide bonds. The average molecular weight is 202 g/mol. The molecule has 76 valence electrons. The predicted molar refractivity (Wildman–Crippen MR) is 57.1 cm³/mol. The Morgan fingerprint density at radius 1 is 1.53 bits per heavy atom. The van der Waals surface area contributed by atoms with E-state index < -0.39 is 5.97 Å². The minimum absolute atomic E-state index is 0.336. The first-order chi connectivity index (χ1) is 7.22. The van der Waals surface area contributed by atoms with Crippen LogP contribution >= 0.6 is 0 Å². The lowest BCUT2D eigenvalue weighted by molar-refractivity contribution is -0.133. The number of benzene rings is 1. The molecule has 15 heavy (non-hydrogen) atoms. The number of aromatic nitrogens is 2. The maximum absolute atomic E-state index is 11.2. The first kappa shape index (κ1) is 9.45. The smallest absolute Gasteiger partial charge is 0.337 e. The van der Waals surface area contributed by atoms with E-state index in [4.69, 9.17) is 0 Å². The summed E-state index contributed by atoms with van der Waals surface area (Å²) < 4.78 is 4.59. The third-order valence-electron chi connectivity index (χ3n) is 2.20. The largest absolute Gasteiger partial charge is 0.465 e. The van der Waals surface area contributed by atoms with Gasteiger partial charge in [-0.05, 0) is 17.7 Å². The summed E-state index contributed by atoms with van der Waals surface area (Å²) in [5, 5.41) is 0. The molecule has 0 bridgehead atoms. The molecule has 0 aliphatic heterocycles. The number of hydrogen-bond donors (Lipinski definition) is 1. The van der Waals surface area contributed by atoms with Gasteiger partial charge < -0.3 is 9.72 Å². The van der Waals surface area contributed by atoms with Crippen LogP contribution in [0.2, 0.25) is 0 Å². The minimum atomic E-state index is -0.426. The van der Waals surface area contributed by atoms with Crippen LogP contribution in [0.4, 0.5) is 0 Å². The number of methoxy groups -OCH3 is 1. The summed E-state index contributed by atoms with van der Waals surface area (Å²) in [4.78, 5) is 18.3. The summed E-state index contributed by atoms with van der Waals surface area (Å²) in [5.74, 6) is -0.426. The van der Waals surface area contributed by atoms with Crippen LogP contribution in [0.5, 0.6) is 0 Å². The van der Waals surface area contributed by atoms with Gasteiger partial charge >= 0.3 is 5.97 Å². The zero-order valence-corrected chi connectivity index (χ0v) is 8.28. The lowest BCUT2D eigenvalue weighted by Crippen LogP contribution is -2.02. The van der Waals surface area contributed by atoms with Gasteiger partial charge in [-0.25, -0.2) is 9.78 Å². The summed E-state index contributed by atoms with van der Waals surface area (Å²) in [5.41, 5.74) is 2.79. The van der Waals surface area contributed by atoms with Crippen LogP contribution in [-0.2, 0) is 9.53 Å². The minimum Gasteiger partial charge on any atom is -0.465 e. The highest BCUT2D eigenvalue weighted by molar-refractivity contribution is 6.16. The lowest BCUT2D eigenvalue weighted by Gasteiger charge is -2.02. The number of imidazole rings is 1. The number of nitrogens with zero attached hydrogens (tertiary/aromatic N) is 1. The molecule has 0 unspecified atom stereocenters. The van der Waals surface area contributed by atoms with Gasteiger partial charge in [0, 0.05) is 0 Å². The number of nitrogens with one attached hydrogen (secondary N) is 1. The molecule has 1 heterocycles. The Hall–Kier alpha value is -2.10. The van der Waals surface area contributed by atoms with E-state index >= 15 is 0 Å². The number of carbonyl (C=O) groups is 1. The molecule has 0 atom stereocenters. The molecule has 1 aromatic carbocycles. The maximum Gasteiger partial charge on any atom is 0.337 e. The maximum atomic E-state index is 11.2. The third-order valence-corrected chi connectivity index (χ3v) is 2.20. The Morgan fingerprint density at radius 3 is 3.07 bits per heavy atom. The van der Waals surface area contributed by atoms with E-state index in [1.54, 1.807) is 18.5 Å². The van der Waals surface area contributed by atoms with Gasteiger partial charge in [-0.15, -0.1) is 0 Å². The topological polar surface area (TPSA) is 55.0 Å². The molecule has 0 saturated carbocycles. The van der Waals surface area contributed by atoms with Gasteiger partial charge in [-0.2, -0.15) is 0 Å². The fourth-order valence-corrected chi connectivity index (χ4v) is 1.36. The number of esters is 1. The standard InChI is InChI=1S/C11H10N2O2/c1-7(11(14)15-2)8-3-4-9-10(5-8)13-6-12-9/h3-6H,1H2,2H3,(H,12,13). The van der Waals surface area contributed by atoms with E-state index in [2.05, 4.69) is 21.3 Å². The van der Waals surface area contributed by atoms with Crippen molar-refractivity contribution in [2.24, 2.45) is 0 Å². The molecule has 0 aliphatic rings. The van der Waals surface area contributed by atoms with E-state index in [0.717, 1.165) is 16.6 Å². The Kier molecular flexibility index (Phi) is 2.25. The van der Waals surface area contributed by atoms with Crippen molar-refractivity contribution in [1.29, 1.82) is 0 Å². The molecule has 0 saturated heterocycles. The van der Waals surface area contributed by atoms with Crippen molar-refractivity contribution in [3.05, 3.63) is 36.7 Å². The number of rotatable bonds is 2. The fourth-order valence-electron chi connectivity index (χ4n) is 1.36. The van der Waals surface area contributed by atoms with Gasteiger partial charge in [0.15, 0.2) is 0 Å². The van der Waals surface area contributed by atoms with Crippen molar-refractivity contribution in [3.8, 4) is 0 Å². The van der Waals surface area contributed by atoms with Crippen LogP contribution in [0, 0.1) is 0 Å². The van der Waals surface area contributed by atoms with E-state index in [1.165, 1.54) is 7.11 Å². The number of hydrogen-bond acceptors (Lipinski definition) is 3. The van der Waals surface area contributed by atoms with Crippen LogP contribution in [0.1, 0.15) is 5.56 Å². The van der Waals surface area contributed by atoms with Crippen molar-refractivity contribution in [2.45, 2.75) is 0 Å². The Balaban J connectivity index is 2.44. The van der Waals surface area contributed by atoms with E-state index in [-0.39, 0.29) is 0 Å². The first-order valence-electron chi connectivity index (χ1n) is 4.43. The predicted octanol–water partition coefficient (Wildman–Crippen LogP) is 1.75. The van der Waals surface area contributed by atoms with Crippen molar-refractivity contribution in [2.75, 3.05) is 7.11 Å². The van der Waals surface area contributed by atoms with Crippen molar-refractivity contribution in [3.63, 3.8) is 0 Å². The van der Waals surface area contributed by atoms with Crippen LogP contribution < -0.4 is 0 Å². The van der Waals surface area contributed by atoms with Gasteiger partial charge in [0.05, 0.1) is 30.0 Å². The molecule has 2 rings (SSSR count). The molecule has 4 heteroatoms. The van der Waals surface area contributed by atoms with Gasteiger partial charge in [-0.1, -0.05) is 12.6 Å². The van der Waals surface area contributed by atoms with Crippen LogP contribution in [0.25, 0.3) is 16.6 Å². The molecule has 0 radical (unpaired) electrons. The van der Waals surface area contributed by atoms with Crippen LogP contribution in [0.3, 0.4) is 0 Å². The van der Waals surface area contributed by atoms with Gasteiger partial charge in [0.2, 0.25) is 0 Å². The molecule has 1 N–H and O–H groups in total. The number of fused-ring (bicyclic) bond motifs is 1. The second kappa shape index (κ2) is 3.57. The highest BCUT2D eigenvalue weighted by atomic mass is 16.5. The van der Waals surface area contributed by atoms with E-state index in [1.807, 2.05) is 6.07 Å². The molecule has 4 nitrogen and oxygen atoms in total. The summed E-state index contributed by atoms with van der Waals surface area (Å²) in [6.45, 7) is 3.67. The SMILES string of the molecule is C=C(C(=O)OC)c1ccc2[nH]cnc2c1. The molecular weight excluding hydrogens is 192 g/mol. The second-order valence-corrected chi connectivity index (χ2v) is 3.10. The number of ether oxygens (including phenoxy) is 1. The van der Waals surface area contributed by atoms with Gasteiger partial charge in [0.1, 0.15) is 0 Å². The van der Waals surface area contributed by atoms with Crippen molar-refractivity contribution >= 4 is 22.6 Å². The van der Waals surface area contributed by atoms with Gasteiger partial charge in [-0.3, -0.25) is 0 Å². The molecule has 2 aromatic rings. The third kappa shape index (κ3) is 1.61. The normalized spacial score (nSPS) is 10.2. The van der Waals surface area contributed by atoms with Crippen molar-refractivity contribution < 1.29 is 9.53 Å². The summed E-state index contributed by atoms with van der Waals surface area (Å²) >= 11 is 0. The van der Waals surface area contributed by atoms with Crippen LogP contribution in [0.15, 0.2) is 31.1 Å². The van der Waals surface area contributed by atoms with Crippen LogP contribution in [-0.4, -0.2) is 23.0 Å². The summed E-state index contributed by atoms with van der Waals surface area (Å²) in [6.07, 6.45) is 1.61. The Morgan fingerprint density at radius 2 is 2.33 bits per heavy atom. The Bertz CT molecular complexity index is 528. The highest BCUT2D eigenvalue weighted by Gasteiger charge is 2.10.